The van der Waals surface area contributed by atoms with E-state index in [1.807, 2.05) is 109 Å². The summed E-state index contributed by atoms with van der Waals surface area (Å²) >= 11 is 0. The van der Waals surface area contributed by atoms with Crippen molar-refractivity contribution in [1.82, 2.24) is 4.90 Å². The largest absolute Gasteiger partial charge is 0.493 e. The average Bonchev–Trinajstić information content (AvgIpc) is 3.01. The zero-order chi connectivity index (χ0) is 28.6. The molecular weight excluding hydrogens is 502 g/mol. The Hall–Kier alpha value is -4.42. The topological polar surface area (TPSA) is 87.1 Å². The van der Waals surface area contributed by atoms with E-state index in [0.29, 0.717) is 17.7 Å². The number of hydrogen-bond acceptors (Lipinski definition) is 4. The number of amides is 1. The molecule has 0 spiro atoms. The molecule has 0 radical (unpaired) electrons. The second kappa shape index (κ2) is 16.5. The molecule has 6 heteroatoms. The van der Waals surface area contributed by atoms with Crippen LogP contribution in [-0.2, 0) is 11.3 Å². The molecule has 1 unspecified atom stereocenters. The van der Waals surface area contributed by atoms with Gasteiger partial charge in [0.05, 0.1) is 13.2 Å². The Labute approximate surface area is 236 Å². The van der Waals surface area contributed by atoms with E-state index < -0.39 is 6.23 Å². The van der Waals surface area contributed by atoms with Gasteiger partial charge in [-0.1, -0.05) is 117 Å². The number of carbonyl (C=O) groups is 2. The van der Waals surface area contributed by atoms with Crippen LogP contribution >= 0.6 is 0 Å². The Bertz CT molecular complexity index is 1290. The van der Waals surface area contributed by atoms with E-state index in [4.69, 9.17) is 14.6 Å². The lowest BCUT2D eigenvalue weighted by Crippen LogP contribution is -2.34. The highest BCUT2D eigenvalue weighted by molar-refractivity contribution is 5.95. The third-order valence-electron chi connectivity index (χ3n) is 6.46. The van der Waals surface area contributed by atoms with Gasteiger partial charge >= 0.3 is 0 Å². The summed E-state index contributed by atoms with van der Waals surface area (Å²) in [7, 11) is 0. The van der Waals surface area contributed by atoms with E-state index >= 15 is 0 Å². The maximum Gasteiger partial charge on any atom is 0.290 e. The minimum absolute atomic E-state index is 0.223. The molecule has 0 heterocycles. The van der Waals surface area contributed by atoms with Crippen molar-refractivity contribution in [2.75, 3.05) is 6.61 Å². The number of aliphatic hydroxyl groups excluding tert-OH is 1. The van der Waals surface area contributed by atoms with Gasteiger partial charge in [0.15, 0.2) is 6.23 Å². The van der Waals surface area contributed by atoms with E-state index in [9.17, 15) is 9.90 Å². The molecule has 0 fully saturated rings. The van der Waals surface area contributed by atoms with Gasteiger partial charge in [-0.3, -0.25) is 9.59 Å². The van der Waals surface area contributed by atoms with E-state index in [1.54, 1.807) is 0 Å². The van der Waals surface area contributed by atoms with Crippen molar-refractivity contribution in [2.45, 2.75) is 45.4 Å². The summed E-state index contributed by atoms with van der Waals surface area (Å²) in [5.74, 6) is 0.505. The van der Waals surface area contributed by atoms with E-state index in [-0.39, 0.29) is 18.9 Å². The molecule has 40 heavy (non-hydrogen) atoms. The van der Waals surface area contributed by atoms with Gasteiger partial charge in [-0.05, 0) is 35.7 Å². The lowest BCUT2D eigenvalue weighted by Gasteiger charge is -2.29. The number of nitrogens with zero attached hydrogens (tertiary/aromatic N) is 1. The van der Waals surface area contributed by atoms with Crippen LogP contribution in [0.5, 0.6) is 5.75 Å². The molecule has 0 aliphatic heterocycles. The van der Waals surface area contributed by atoms with Crippen LogP contribution in [0.15, 0.2) is 109 Å². The molecule has 208 valence electrons. The molecule has 2 N–H and O–H groups in total. The number of ether oxygens (including phenoxy) is 1. The van der Waals surface area contributed by atoms with Gasteiger partial charge < -0.3 is 19.8 Å². The van der Waals surface area contributed by atoms with Gasteiger partial charge in [0.25, 0.3) is 12.4 Å². The summed E-state index contributed by atoms with van der Waals surface area (Å²) in [5, 5.41) is 18.2. The Kier molecular flexibility index (Phi) is 12.4. The molecule has 0 saturated heterocycles. The van der Waals surface area contributed by atoms with Crippen molar-refractivity contribution >= 4 is 12.4 Å². The Balaban J connectivity index is 0.00000141. The monoisotopic (exact) mass is 539 g/mol. The van der Waals surface area contributed by atoms with Crippen LogP contribution < -0.4 is 4.74 Å². The van der Waals surface area contributed by atoms with Crippen LogP contribution in [0, 0.1) is 0 Å². The molecule has 4 aromatic carbocycles. The molecule has 6 nitrogen and oxygen atoms in total. The van der Waals surface area contributed by atoms with Crippen molar-refractivity contribution in [3.05, 3.63) is 126 Å². The first-order valence-corrected chi connectivity index (χ1v) is 13.6. The van der Waals surface area contributed by atoms with Gasteiger partial charge in [-0.2, -0.15) is 0 Å². The smallest absolute Gasteiger partial charge is 0.290 e. The molecule has 1 atom stereocenters. The molecule has 4 aromatic rings. The molecular formula is C34H37NO5. The summed E-state index contributed by atoms with van der Waals surface area (Å²) in [5.41, 5.74) is 4.17. The zero-order valence-electron chi connectivity index (χ0n) is 22.9. The van der Waals surface area contributed by atoms with Crippen LogP contribution in [-0.4, -0.2) is 34.1 Å². The van der Waals surface area contributed by atoms with Crippen LogP contribution in [0.4, 0.5) is 0 Å². The normalized spacial score (nSPS) is 11.1. The summed E-state index contributed by atoms with van der Waals surface area (Å²) < 4.78 is 6.10. The molecule has 4 rings (SSSR count). The summed E-state index contributed by atoms with van der Waals surface area (Å²) in [6, 6.07) is 34.7. The number of unbranched alkanes of at least 4 members (excludes halogenated alkanes) is 3. The number of carboxylic acid groups (broad SMARTS) is 1. The molecule has 0 aliphatic carbocycles. The number of rotatable bonds is 12. The number of hydrogen-bond donors (Lipinski definition) is 2. The van der Waals surface area contributed by atoms with Gasteiger partial charge in [-0.15, -0.1) is 0 Å². The Morgan fingerprint density at radius 1 is 0.800 bits per heavy atom. The van der Waals surface area contributed by atoms with Crippen LogP contribution in [0.1, 0.15) is 60.3 Å². The molecule has 0 aliphatic rings. The van der Waals surface area contributed by atoms with Gasteiger partial charge in [0.1, 0.15) is 5.75 Å². The Morgan fingerprint density at radius 2 is 1.38 bits per heavy atom. The van der Waals surface area contributed by atoms with Crippen LogP contribution in [0.3, 0.4) is 0 Å². The minimum atomic E-state index is -1.10. The standard InChI is InChI=1S/C33H35NO3.CH2O2/c1-2-3-4-13-24-37-31-19-12-11-18-30(31)25-34(32(35)28-16-9-6-10-17-28)33(36)29-22-20-27(21-23-29)26-14-7-5-8-15-26;2-1-3/h5-12,14-23,32,35H,2-4,13,24-25H2,1H3;1H,(H,2,3). The molecule has 1 amide bonds. The lowest BCUT2D eigenvalue weighted by molar-refractivity contribution is -0.122. The van der Waals surface area contributed by atoms with Crippen LogP contribution in [0.25, 0.3) is 11.1 Å². The van der Waals surface area contributed by atoms with E-state index in [1.165, 1.54) is 17.7 Å². The van der Waals surface area contributed by atoms with Gasteiger partial charge in [0.2, 0.25) is 0 Å². The number of para-hydroxylation sites is 1. The highest BCUT2D eigenvalue weighted by Crippen LogP contribution is 2.28. The van der Waals surface area contributed by atoms with Gasteiger partial charge in [-0.25, -0.2) is 0 Å². The van der Waals surface area contributed by atoms with Crippen molar-refractivity contribution in [3.8, 4) is 16.9 Å². The number of benzene rings is 4. The fourth-order valence-electron chi connectivity index (χ4n) is 4.35. The third-order valence-corrected chi connectivity index (χ3v) is 6.46. The van der Waals surface area contributed by atoms with E-state index in [0.717, 1.165) is 35.3 Å². The lowest BCUT2D eigenvalue weighted by atomic mass is 10.0. The summed E-state index contributed by atoms with van der Waals surface area (Å²) in [4.78, 5) is 23.6. The first-order valence-electron chi connectivity index (χ1n) is 13.6. The predicted molar refractivity (Wildman–Crippen MR) is 158 cm³/mol. The quantitative estimate of drug-likeness (QED) is 0.112. The SMILES string of the molecule is CCCCCCOc1ccccc1CN(C(=O)c1ccc(-c2ccccc2)cc1)C(O)c1ccccc1.O=CO. The predicted octanol–water partition coefficient (Wildman–Crippen LogP) is 7.35. The number of aliphatic hydroxyl groups is 1. The summed E-state index contributed by atoms with van der Waals surface area (Å²) in [6.45, 7) is 2.79. The molecule has 0 saturated carbocycles. The molecule has 0 bridgehead atoms. The highest BCUT2D eigenvalue weighted by Gasteiger charge is 2.26. The Morgan fingerprint density at radius 3 is 2.02 bits per heavy atom. The first-order chi connectivity index (χ1) is 19.6. The van der Waals surface area contributed by atoms with Crippen molar-refractivity contribution in [2.24, 2.45) is 0 Å². The maximum atomic E-state index is 13.8. The van der Waals surface area contributed by atoms with Gasteiger partial charge in [0, 0.05) is 16.7 Å². The fourth-order valence-corrected chi connectivity index (χ4v) is 4.35. The summed E-state index contributed by atoms with van der Waals surface area (Å²) in [6.07, 6.45) is 3.40. The number of carbonyl (C=O) groups excluding carboxylic acids is 1. The minimum Gasteiger partial charge on any atom is -0.493 e. The second-order valence-corrected chi connectivity index (χ2v) is 9.28. The van der Waals surface area contributed by atoms with E-state index in [2.05, 4.69) is 6.92 Å². The van der Waals surface area contributed by atoms with Crippen molar-refractivity contribution in [3.63, 3.8) is 0 Å². The second-order valence-electron chi connectivity index (χ2n) is 9.28. The van der Waals surface area contributed by atoms with Crippen molar-refractivity contribution in [1.29, 1.82) is 0 Å². The van der Waals surface area contributed by atoms with Crippen LogP contribution in [0.2, 0.25) is 0 Å². The molecule has 0 aromatic heterocycles. The first kappa shape index (κ1) is 30.1. The fraction of sp³-hybridized carbons (Fsp3) is 0.235. The maximum absolute atomic E-state index is 13.8. The third kappa shape index (κ3) is 8.82. The zero-order valence-corrected chi connectivity index (χ0v) is 22.9. The highest BCUT2D eigenvalue weighted by atomic mass is 16.5. The van der Waals surface area contributed by atoms with Crippen molar-refractivity contribution < 1.29 is 24.5 Å². The average molecular weight is 540 g/mol.